The summed E-state index contributed by atoms with van der Waals surface area (Å²) in [6.07, 6.45) is 61.3. The number of benzene rings is 1. The molecule has 0 spiro atoms. The van der Waals surface area contributed by atoms with Gasteiger partial charge in [0.25, 0.3) is 0 Å². The molecule has 0 aliphatic carbocycles. The second kappa shape index (κ2) is 90.4. The van der Waals surface area contributed by atoms with Gasteiger partial charge in [0.05, 0.1) is 99.4 Å². The molecule has 28 heteroatoms. The SMILES string of the molecule is CCCCCN1CCCCCC1.CCCCN1CCCCCC1.CCN1CCCCCC1.CCOC(=O)CCN1CCCCCC1.N#CCCCN1CCCCCC1.N#CCCN1CCCCCC1.N#CCN1CCCCCC1.N#CCN1CCSCC1.O=S1(=O)CCN(CCO)CC1.O=S1(=O)CCN(Cc2ccco2)CC1.OCCN1CCCCCC1.c1ccc(CN2CCCCCC2)cc1. The third-order valence-electron chi connectivity index (χ3n) is 27.5. The molecular formula is C109H202N16O9S3. The zero-order chi connectivity index (χ0) is 98.9. The van der Waals surface area contributed by atoms with Crippen molar-refractivity contribution in [3.05, 3.63) is 60.1 Å². The minimum absolute atomic E-state index is 0.0586. The normalized spacial score (nSPS) is 21.3. The number of carbonyl (C=O) groups is 1. The maximum Gasteiger partial charge on any atom is 0.307 e. The van der Waals surface area contributed by atoms with Gasteiger partial charge >= 0.3 is 5.97 Å². The van der Waals surface area contributed by atoms with Gasteiger partial charge in [0.1, 0.15) is 5.76 Å². The topological polar surface area (TPSA) is 282 Å². The summed E-state index contributed by atoms with van der Waals surface area (Å²) in [6.45, 7) is 48.3. The zero-order valence-electron chi connectivity index (χ0n) is 87.9. The number of nitrogens with zero attached hydrogens (tertiary/aromatic N) is 16. The highest BCUT2D eigenvalue weighted by atomic mass is 32.2. The predicted octanol–water partition coefficient (Wildman–Crippen LogP) is 18.4. The van der Waals surface area contributed by atoms with Crippen LogP contribution in [0.4, 0.5) is 0 Å². The standard InChI is InChI=1S/C13H19N.C11H21NO2.C11H23N.C10H18N2.C10H21N.C9H16N2.C9H13NO3S.C8H14N2.C8H17NO.C8H17N.C6H10N2S.C6H13NO3S/c1-2-7-11-14(10-6-1)12-13-8-4-3-5-9-13;1-2-14-11(13)7-10-12-8-5-3-4-6-9-12;1-2-3-6-9-12-10-7-4-5-8-11-12;11-7-3-6-10-12-8-4-1-2-5-9-12;1-2-3-8-11-9-6-4-5-7-10-11;10-6-5-9-11-7-3-1-2-4-8-11;11-14(12)6-3-10(4-7-14)8-9-2-1-5-13-9;9-5-8-10-6-3-1-2-4-7-10;10-8-7-9-5-3-1-2-4-6-9;1-2-9-7-5-3-4-6-8-9;7-1-2-8-3-5-9-6-4-8;8-4-1-7-2-5-11(9,10)6-3-7/h3-5,8-9H,1-2,6-7,10-12H2;2-10H2,1H3;2-11H2,1H3;1-6,8-10H2;2-10H2,1H3;1-5,7-9H2;1-2,5H,3-4,6-8H2;1-4,6-8H2;10H,1-8H2;2-8H2,1H3;2-6H2;8H,1-6H2. The molecule has 2 aromatic rings. The Kier molecular flexibility index (Phi) is 83.6. The first kappa shape index (κ1) is 127. The minimum atomic E-state index is -2.77. The number of unbranched alkanes of at least 4 members (excludes halogenated alkanes) is 4. The second-order valence-electron chi connectivity index (χ2n) is 39.2. The van der Waals surface area contributed by atoms with E-state index in [0.29, 0.717) is 78.4 Å². The zero-order valence-corrected chi connectivity index (χ0v) is 90.3. The molecule has 1 aromatic heterocycles. The smallest absolute Gasteiger partial charge is 0.307 e. The molecule has 137 heavy (non-hydrogen) atoms. The highest BCUT2D eigenvalue weighted by molar-refractivity contribution is 7.99. The fourth-order valence-electron chi connectivity index (χ4n) is 18.8. The van der Waals surface area contributed by atoms with Gasteiger partial charge in [0.2, 0.25) is 0 Å². The molecule has 1 aromatic carbocycles. The predicted molar refractivity (Wildman–Crippen MR) is 573 cm³/mol. The molecule has 12 aliphatic rings. The molecule has 12 fully saturated rings. The van der Waals surface area contributed by atoms with Crippen molar-refractivity contribution in [1.82, 2.24) is 58.8 Å². The van der Waals surface area contributed by atoms with E-state index >= 15 is 0 Å². The Morgan fingerprint density at radius 1 is 0.336 bits per heavy atom. The average Bonchev–Trinajstić information content (AvgIpc) is 1.57. The van der Waals surface area contributed by atoms with Gasteiger partial charge < -0.3 is 53.7 Å². The molecule has 14 rings (SSSR count). The number of ether oxygens (including phenoxy) is 1. The number of nitriles is 4. The number of thioether (sulfide) groups is 1. The molecule has 0 atom stereocenters. The molecule has 0 bridgehead atoms. The van der Waals surface area contributed by atoms with E-state index in [1.807, 2.05) is 35.7 Å². The van der Waals surface area contributed by atoms with E-state index in [-0.39, 0.29) is 35.6 Å². The number of hydrogen-bond donors (Lipinski definition) is 2. The highest BCUT2D eigenvalue weighted by Crippen LogP contribution is 2.20. The molecule has 25 nitrogen and oxygen atoms in total. The molecule has 0 amide bonds. The van der Waals surface area contributed by atoms with E-state index in [0.717, 1.165) is 90.6 Å². The van der Waals surface area contributed by atoms with E-state index in [9.17, 15) is 21.6 Å². The van der Waals surface area contributed by atoms with Crippen molar-refractivity contribution in [1.29, 1.82) is 21.0 Å². The van der Waals surface area contributed by atoms with Gasteiger partial charge in [-0.05, 0) is 303 Å². The van der Waals surface area contributed by atoms with Gasteiger partial charge in [-0.25, -0.2) is 16.8 Å². The number of aliphatic hydroxyl groups is 2. The number of β-amino-alcohol motifs (C(OH)–C–C–N with tert-alkyl or cyclic N) is 2. The summed E-state index contributed by atoms with van der Waals surface area (Å²) < 4.78 is 54.2. The fraction of sp³-hybridized carbons (Fsp3) is 0.862. The molecule has 12 aliphatic heterocycles. The van der Waals surface area contributed by atoms with E-state index in [1.54, 1.807) is 6.26 Å². The van der Waals surface area contributed by atoms with Gasteiger partial charge in [-0.3, -0.25) is 29.3 Å². The van der Waals surface area contributed by atoms with E-state index < -0.39 is 19.7 Å². The lowest BCUT2D eigenvalue weighted by atomic mass is 10.2. The van der Waals surface area contributed by atoms with Crippen molar-refractivity contribution >= 4 is 37.4 Å². The van der Waals surface area contributed by atoms with Crippen molar-refractivity contribution in [3.63, 3.8) is 0 Å². The number of likely N-dealkylation sites (tertiary alicyclic amines) is 9. The van der Waals surface area contributed by atoms with Gasteiger partial charge in [0.15, 0.2) is 19.7 Å². The van der Waals surface area contributed by atoms with Crippen LogP contribution in [0.2, 0.25) is 0 Å². The fourth-order valence-corrected chi connectivity index (χ4v) is 22.4. The molecular weight excluding hydrogens is 1770 g/mol. The Hall–Kier alpha value is -4.38. The number of esters is 1. The van der Waals surface area contributed by atoms with Gasteiger partial charge in [-0.1, -0.05) is 186 Å². The van der Waals surface area contributed by atoms with Crippen molar-refractivity contribution in [2.45, 2.75) is 330 Å². The van der Waals surface area contributed by atoms with Crippen LogP contribution in [-0.2, 0) is 42.3 Å². The van der Waals surface area contributed by atoms with Crippen LogP contribution in [0.1, 0.15) is 328 Å². The van der Waals surface area contributed by atoms with Crippen LogP contribution in [0.15, 0.2) is 53.1 Å². The molecule has 12 saturated heterocycles. The number of sulfone groups is 2. The Balaban J connectivity index is 0.000000386. The largest absolute Gasteiger partial charge is 0.468 e. The summed E-state index contributed by atoms with van der Waals surface area (Å²) in [5.74, 6) is 4.26. The summed E-state index contributed by atoms with van der Waals surface area (Å²) in [6, 6.07) is 23.3. The van der Waals surface area contributed by atoms with Crippen molar-refractivity contribution in [2.24, 2.45) is 0 Å². The van der Waals surface area contributed by atoms with Crippen molar-refractivity contribution in [2.75, 3.05) is 277 Å². The molecule has 2 N–H and O–H groups in total. The summed E-state index contributed by atoms with van der Waals surface area (Å²) in [7, 11) is -5.52. The number of rotatable bonds is 27. The van der Waals surface area contributed by atoms with Crippen LogP contribution in [0.5, 0.6) is 0 Å². The first-order valence-electron chi connectivity index (χ1n) is 55.6. The van der Waals surface area contributed by atoms with Gasteiger partial charge in [-0.2, -0.15) is 32.8 Å². The molecule has 13 heterocycles. The van der Waals surface area contributed by atoms with Crippen LogP contribution in [0.25, 0.3) is 0 Å². The van der Waals surface area contributed by atoms with Crippen LogP contribution in [-0.4, -0.2) is 369 Å². The number of furan rings is 1. The lowest BCUT2D eigenvalue weighted by molar-refractivity contribution is -0.143. The Morgan fingerprint density at radius 2 is 0.657 bits per heavy atom. The first-order valence-corrected chi connectivity index (χ1v) is 60.4. The number of hydrogen-bond acceptors (Lipinski definition) is 26. The van der Waals surface area contributed by atoms with E-state index in [2.05, 4.69) is 129 Å². The third kappa shape index (κ3) is 75.1. The minimum Gasteiger partial charge on any atom is -0.468 e. The molecule has 0 radical (unpaired) electrons. The maximum absolute atomic E-state index is 11.1. The Bertz CT molecular complexity index is 3360. The lowest BCUT2D eigenvalue weighted by Crippen LogP contribution is -2.41. The maximum atomic E-state index is 11.1. The van der Waals surface area contributed by atoms with Gasteiger partial charge in [-0.15, -0.1) is 0 Å². The summed E-state index contributed by atoms with van der Waals surface area (Å²) >= 11 is 1.97. The lowest BCUT2D eigenvalue weighted by Gasteiger charge is -2.25. The Morgan fingerprint density at radius 3 is 1.01 bits per heavy atom. The summed E-state index contributed by atoms with van der Waals surface area (Å²) in [5, 5.41) is 50.7. The highest BCUT2D eigenvalue weighted by Gasteiger charge is 2.24. The molecule has 0 unspecified atom stereocenters. The van der Waals surface area contributed by atoms with Crippen LogP contribution >= 0.6 is 11.8 Å². The quantitative estimate of drug-likeness (QED) is 0.0477. The van der Waals surface area contributed by atoms with Crippen LogP contribution in [0, 0.1) is 45.3 Å². The summed E-state index contributed by atoms with van der Waals surface area (Å²) in [4.78, 5) is 39.7. The third-order valence-corrected chi connectivity index (χ3v) is 31.6. The monoisotopic (exact) mass is 1980 g/mol. The summed E-state index contributed by atoms with van der Waals surface area (Å²) in [5.41, 5.74) is 1.45. The number of aliphatic hydroxyl groups excluding tert-OH is 2. The van der Waals surface area contributed by atoms with Crippen LogP contribution in [0.3, 0.4) is 0 Å². The average molecular weight is 1980 g/mol. The van der Waals surface area contributed by atoms with Crippen molar-refractivity contribution < 1.29 is 41.0 Å². The number of carbonyl (C=O) groups excluding carboxylic acids is 1. The Labute approximate surface area is 843 Å². The molecule has 790 valence electrons. The van der Waals surface area contributed by atoms with Crippen LogP contribution < -0.4 is 0 Å². The van der Waals surface area contributed by atoms with Crippen molar-refractivity contribution in [3.8, 4) is 24.3 Å². The van der Waals surface area contributed by atoms with E-state index in [4.69, 9.17) is 40.4 Å². The second-order valence-corrected chi connectivity index (χ2v) is 45.0. The molecule has 0 saturated carbocycles. The van der Waals surface area contributed by atoms with Gasteiger partial charge in [0, 0.05) is 96.3 Å². The first-order chi connectivity index (χ1) is 67.0. The van der Waals surface area contributed by atoms with E-state index in [1.165, 1.54) is 392 Å².